The van der Waals surface area contributed by atoms with Gasteiger partial charge in [0, 0.05) is 17.0 Å². The van der Waals surface area contributed by atoms with E-state index >= 15 is 0 Å². The summed E-state index contributed by atoms with van der Waals surface area (Å²) in [6.07, 6.45) is 0.227. The second kappa shape index (κ2) is 4.98. The molecule has 1 aromatic heterocycles. The maximum Gasteiger partial charge on any atom is 0.180 e. The number of hydrogen-bond acceptors (Lipinski definition) is 5. The van der Waals surface area contributed by atoms with Crippen LogP contribution in [0.4, 0.5) is 10.8 Å². The molecule has 0 saturated carbocycles. The third-order valence-corrected chi connectivity index (χ3v) is 4.37. The van der Waals surface area contributed by atoms with E-state index in [1.54, 1.807) is 0 Å². The molecule has 3 rings (SSSR count). The lowest BCUT2D eigenvalue weighted by Gasteiger charge is -2.34. The lowest BCUT2D eigenvalue weighted by molar-refractivity contribution is 0.213. The molecule has 2 N–H and O–H groups in total. The molecule has 1 atom stereocenters. The Bertz CT molecular complexity index is 638. The number of aryl methyl sites for hydroxylation is 1. The summed E-state index contributed by atoms with van der Waals surface area (Å²) in [5, 5.41) is 0.618. The molecule has 20 heavy (non-hydrogen) atoms. The average Bonchev–Trinajstić information content (AvgIpc) is 2.76. The van der Waals surface area contributed by atoms with Crippen molar-refractivity contribution in [2.75, 3.05) is 23.7 Å². The molecule has 0 radical (unpaired) electrons. The standard InChI is InChI=1S/C15H19N3OS/c1-4-18-8-9(2)19-13-6-5-11(7-12(13)18)14-10(3)20-15(16)17-14/h5-7,9H,4,8H2,1-3H3,(H2,16,17). The van der Waals surface area contributed by atoms with Crippen LogP contribution in [-0.2, 0) is 0 Å². The summed E-state index contributed by atoms with van der Waals surface area (Å²) < 4.78 is 5.91. The number of nitrogens with zero attached hydrogens (tertiary/aromatic N) is 2. The summed E-state index contributed by atoms with van der Waals surface area (Å²) in [4.78, 5) is 7.93. The van der Waals surface area contributed by atoms with Gasteiger partial charge in [0.15, 0.2) is 5.13 Å². The molecule has 1 aromatic carbocycles. The molecule has 0 bridgehead atoms. The molecule has 1 unspecified atom stereocenters. The van der Waals surface area contributed by atoms with Gasteiger partial charge in [0.1, 0.15) is 11.9 Å². The van der Waals surface area contributed by atoms with Crippen LogP contribution in [-0.4, -0.2) is 24.2 Å². The smallest absolute Gasteiger partial charge is 0.180 e. The Hall–Kier alpha value is -1.75. The highest BCUT2D eigenvalue weighted by molar-refractivity contribution is 7.15. The van der Waals surface area contributed by atoms with Crippen molar-refractivity contribution in [3.8, 4) is 17.0 Å². The van der Waals surface area contributed by atoms with Crippen LogP contribution < -0.4 is 15.4 Å². The zero-order valence-electron chi connectivity index (χ0n) is 12.0. The molecule has 0 saturated heterocycles. The largest absolute Gasteiger partial charge is 0.487 e. The highest BCUT2D eigenvalue weighted by Gasteiger charge is 2.22. The normalized spacial score (nSPS) is 17.8. The number of nitrogen functional groups attached to an aromatic ring is 1. The SMILES string of the molecule is CCN1CC(C)Oc2ccc(-c3nc(N)sc3C)cc21. The molecule has 1 aliphatic rings. The topological polar surface area (TPSA) is 51.4 Å². The van der Waals surface area contributed by atoms with Crippen molar-refractivity contribution in [3.05, 3.63) is 23.1 Å². The van der Waals surface area contributed by atoms with Crippen molar-refractivity contribution in [3.63, 3.8) is 0 Å². The van der Waals surface area contributed by atoms with Crippen molar-refractivity contribution in [2.24, 2.45) is 0 Å². The van der Waals surface area contributed by atoms with Crippen LogP contribution >= 0.6 is 11.3 Å². The van der Waals surface area contributed by atoms with Crippen molar-refractivity contribution >= 4 is 22.2 Å². The maximum absolute atomic E-state index is 5.91. The molecule has 0 fully saturated rings. The first kappa shape index (κ1) is 13.2. The third-order valence-electron chi connectivity index (χ3n) is 3.57. The van der Waals surface area contributed by atoms with Gasteiger partial charge in [-0.15, -0.1) is 11.3 Å². The maximum atomic E-state index is 5.91. The molecule has 0 amide bonds. The zero-order valence-corrected chi connectivity index (χ0v) is 12.8. The van der Waals surface area contributed by atoms with Gasteiger partial charge in [0.2, 0.25) is 0 Å². The summed E-state index contributed by atoms with van der Waals surface area (Å²) in [7, 11) is 0. The highest BCUT2D eigenvalue weighted by atomic mass is 32.1. The number of benzene rings is 1. The van der Waals surface area contributed by atoms with Crippen LogP contribution in [0.5, 0.6) is 5.75 Å². The number of likely N-dealkylation sites (N-methyl/N-ethyl adjacent to an activating group) is 1. The zero-order chi connectivity index (χ0) is 14.3. The van der Waals surface area contributed by atoms with Gasteiger partial charge >= 0.3 is 0 Å². The number of aromatic nitrogens is 1. The number of ether oxygens (including phenoxy) is 1. The molecule has 0 spiro atoms. The summed E-state index contributed by atoms with van der Waals surface area (Å²) in [5.74, 6) is 0.954. The summed E-state index contributed by atoms with van der Waals surface area (Å²) in [6, 6.07) is 6.26. The van der Waals surface area contributed by atoms with Gasteiger partial charge < -0.3 is 15.4 Å². The Kier molecular flexibility index (Phi) is 3.30. The minimum absolute atomic E-state index is 0.227. The quantitative estimate of drug-likeness (QED) is 0.921. The lowest BCUT2D eigenvalue weighted by Crippen LogP contribution is -2.38. The Balaban J connectivity index is 2.06. The van der Waals surface area contributed by atoms with E-state index in [0.29, 0.717) is 5.13 Å². The molecule has 2 aromatic rings. The van der Waals surface area contributed by atoms with Crippen LogP contribution in [0.15, 0.2) is 18.2 Å². The van der Waals surface area contributed by atoms with E-state index in [2.05, 4.69) is 42.8 Å². The predicted octanol–water partition coefficient (Wildman–Crippen LogP) is 3.31. The van der Waals surface area contributed by atoms with E-state index in [4.69, 9.17) is 10.5 Å². The highest BCUT2D eigenvalue weighted by Crippen LogP contribution is 2.38. The average molecular weight is 289 g/mol. The fourth-order valence-corrected chi connectivity index (χ4v) is 3.37. The first-order chi connectivity index (χ1) is 9.58. The van der Waals surface area contributed by atoms with Crippen LogP contribution in [0.1, 0.15) is 18.7 Å². The third kappa shape index (κ3) is 2.22. The number of fused-ring (bicyclic) bond motifs is 1. The monoisotopic (exact) mass is 289 g/mol. The van der Waals surface area contributed by atoms with E-state index in [1.807, 2.05) is 6.07 Å². The second-order valence-electron chi connectivity index (χ2n) is 5.11. The minimum Gasteiger partial charge on any atom is -0.487 e. The van der Waals surface area contributed by atoms with Crippen molar-refractivity contribution < 1.29 is 4.74 Å². The van der Waals surface area contributed by atoms with E-state index in [0.717, 1.165) is 40.7 Å². The molecular weight excluding hydrogens is 270 g/mol. The summed E-state index contributed by atoms with van der Waals surface area (Å²) in [5.41, 5.74) is 9.03. The van der Waals surface area contributed by atoms with Crippen LogP contribution in [0, 0.1) is 6.92 Å². The predicted molar refractivity (Wildman–Crippen MR) is 84.7 cm³/mol. The first-order valence-corrected chi connectivity index (χ1v) is 7.69. The molecule has 5 heteroatoms. The molecule has 1 aliphatic heterocycles. The van der Waals surface area contributed by atoms with Gasteiger partial charge in [0.25, 0.3) is 0 Å². The minimum atomic E-state index is 0.227. The van der Waals surface area contributed by atoms with Crippen molar-refractivity contribution in [2.45, 2.75) is 26.9 Å². The Morgan fingerprint density at radius 3 is 2.95 bits per heavy atom. The van der Waals surface area contributed by atoms with E-state index in [-0.39, 0.29) is 6.10 Å². The molecule has 4 nitrogen and oxygen atoms in total. The second-order valence-corrected chi connectivity index (χ2v) is 6.34. The number of hydrogen-bond donors (Lipinski definition) is 1. The number of nitrogens with two attached hydrogens (primary N) is 1. The fraction of sp³-hybridized carbons (Fsp3) is 0.400. The number of anilines is 2. The van der Waals surface area contributed by atoms with E-state index in [1.165, 1.54) is 11.3 Å². The van der Waals surface area contributed by atoms with Crippen LogP contribution in [0.25, 0.3) is 11.3 Å². The number of thiazole rings is 1. The molecule has 2 heterocycles. The van der Waals surface area contributed by atoms with Crippen LogP contribution in [0.3, 0.4) is 0 Å². The van der Waals surface area contributed by atoms with E-state index in [9.17, 15) is 0 Å². The summed E-state index contributed by atoms with van der Waals surface area (Å²) >= 11 is 1.53. The van der Waals surface area contributed by atoms with Crippen molar-refractivity contribution in [1.82, 2.24) is 4.98 Å². The van der Waals surface area contributed by atoms with Gasteiger partial charge in [-0.3, -0.25) is 0 Å². The summed E-state index contributed by atoms with van der Waals surface area (Å²) in [6.45, 7) is 8.22. The van der Waals surface area contributed by atoms with Crippen molar-refractivity contribution in [1.29, 1.82) is 0 Å². The number of rotatable bonds is 2. The van der Waals surface area contributed by atoms with Gasteiger partial charge in [-0.05, 0) is 39.0 Å². The van der Waals surface area contributed by atoms with E-state index < -0.39 is 0 Å². The first-order valence-electron chi connectivity index (χ1n) is 6.87. The molecular formula is C15H19N3OS. The lowest BCUT2D eigenvalue weighted by atomic mass is 10.1. The van der Waals surface area contributed by atoms with Crippen LogP contribution in [0.2, 0.25) is 0 Å². The molecule has 0 aliphatic carbocycles. The van der Waals surface area contributed by atoms with Gasteiger partial charge in [0.05, 0.1) is 17.9 Å². The Morgan fingerprint density at radius 1 is 1.50 bits per heavy atom. The van der Waals surface area contributed by atoms with Gasteiger partial charge in [-0.25, -0.2) is 4.98 Å². The molecule has 106 valence electrons. The fourth-order valence-electron chi connectivity index (χ4n) is 2.66. The Labute approximate surface area is 123 Å². The van der Waals surface area contributed by atoms with Gasteiger partial charge in [-0.2, -0.15) is 0 Å². The Morgan fingerprint density at radius 2 is 2.30 bits per heavy atom. The van der Waals surface area contributed by atoms with Gasteiger partial charge in [-0.1, -0.05) is 0 Å².